The van der Waals surface area contributed by atoms with Crippen LogP contribution in [0.15, 0.2) is 84.9 Å². The normalized spacial score (nSPS) is 27.9. The highest BCUT2D eigenvalue weighted by Gasteiger charge is 2.46. The molecule has 8 atom stereocenters. The van der Waals surface area contributed by atoms with Crippen LogP contribution in [-0.4, -0.2) is 71.7 Å². The molecule has 2 aliphatic heterocycles. The van der Waals surface area contributed by atoms with Gasteiger partial charge in [-0.1, -0.05) is 88.4 Å². The molecule has 4 aliphatic rings. The fourth-order valence-electron chi connectivity index (χ4n) is 8.90. The summed E-state index contributed by atoms with van der Waals surface area (Å²) in [4.78, 5) is 58.3. The van der Waals surface area contributed by atoms with Crippen molar-refractivity contribution in [3.05, 3.63) is 107 Å². The third-order valence-corrected chi connectivity index (χ3v) is 11.7. The molecule has 2 N–H and O–H groups in total. The maximum Gasteiger partial charge on any atom is 0.253 e. The van der Waals surface area contributed by atoms with E-state index in [1.807, 2.05) is 46.2 Å². The lowest BCUT2D eigenvalue weighted by molar-refractivity contribution is -0.126. The zero-order valence-corrected chi connectivity index (χ0v) is 31.0. The summed E-state index contributed by atoms with van der Waals surface area (Å²) in [5.41, 5.74) is 3.54. The molecule has 52 heavy (non-hydrogen) atoms. The lowest BCUT2D eigenvalue weighted by Crippen LogP contribution is -2.37. The topological polar surface area (TPSA) is 98.8 Å². The van der Waals surface area contributed by atoms with Gasteiger partial charge in [-0.15, -0.1) is 0 Å². The second kappa shape index (κ2) is 15.3. The summed E-state index contributed by atoms with van der Waals surface area (Å²) in [5.74, 6) is 1.12. The Balaban J connectivity index is 0.960. The van der Waals surface area contributed by atoms with E-state index in [0.717, 1.165) is 25.7 Å². The Bertz CT molecular complexity index is 1610. The highest BCUT2D eigenvalue weighted by atomic mass is 16.2. The lowest BCUT2D eigenvalue weighted by atomic mass is 9.87. The van der Waals surface area contributed by atoms with Gasteiger partial charge in [0.2, 0.25) is 11.8 Å². The van der Waals surface area contributed by atoms with Crippen molar-refractivity contribution in [3.8, 4) is 0 Å². The van der Waals surface area contributed by atoms with E-state index in [2.05, 4.69) is 62.6 Å². The van der Waals surface area contributed by atoms with E-state index < -0.39 is 0 Å². The van der Waals surface area contributed by atoms with E-state index in [1.165, 1.54) is 11.1 Å². The van der Waals surface area contributed by atoms with Crippen LogP contribution in [0.4, 0.5) is 0 Å². The van der Waals surface area contributed by atoms with E-state index in [9.17, 15) is 19.2 Å². The van der Waals surface area contributed by atoms with Crippen molar-refractivity contribution in [2.45, 2.75) is 77.3 Å². The van der Waals surface area contributed by atoms with Gasteiger partial charge in [-0.3, -0.25) is 19.2 Å². The Hall–Kier alpha value is -4.46. The number of nitrogens with one attached hydrogen (secondary N) is 2. The number of amides is 4. The van der Waals surface area contributed by atoms with Crippen LogP contribution in [-0.2, 0) is 9.59 Å². The van der Waals surface area contributed by atoms with Gasteiger partial charge in [0.1, 0.15) is 0 Å². The number of carbonyl (C=O) groups excluding carboxylic acids is 4. The molecule has 7 rings (SSSR count). The van der Waals surface area contributed by atoms with Gasteiger partial charge in [-0.2, -0.15) is 0 Å². The highest BCUT2D eigenvalue weighted by molar-refractivity contribution is 5.98. The van der Waals surface area contributed by atoms with Crippen LogP contribution in [0, 0.1) is 35.5 Å². The van der Waals surface area contributed by atoms with Gasteiger partial charge >= 0.3 is 0 Å². The van der Waals surface area contributed by atoms with Gasteiger partial charge < -0.3 is 20.4 Å². The Morgan fingerprint density at radius 3 is 1.27 bits per heavy atom. The van der Waals surface area contributed by atoms with Crippen molar-refractivity contribution in [1.82, 2.24) is 20.4 Å². The van der Waals surface area contributed by atoms with Crippen molar-refractivity contribution in [2.24, 2.45) is 35.5 Å². The molecule has 8 heteroatoms. The molecule has 8 nitrogen and oxygen atoms in total. The van der Waals surface area contributed by atoms with Crippen LogP contribution in [0.5, 0.6) is 0 Å². The predicted molar refractivity (Wildman–Crippen MR) is 203 cm³/mol. The monoisotopic (exact) mass is 702 g/mol. The predicted octanol–water partition coefficient (Wildman–Crippen LogP) is 6.50. The zero-order chi connectivity index (χ0) is 36.5. The summed E-state index contributed by atoms with van der Waals surface area (Å²) < 4.78 is 0. The SMILES string of the molecule is CC(C)CC1CN(C(=O)c2ccc(C(=O)N3CC(CC(C)C)[C@H](C(=O)N[C@H]4C[C@@H]4c4ccccc4)C3)cc2)CC1C(=O)N[C@H]1C[C@@H]1c1ccccc1. The van der Waals surface area contributed by atoms with Crippen LogP contribution >= 0.6 is 0 Å². The molecule has 2 saturated heterocycles. The number of likely N-dealkylation sites (tertiary alicyclic amines) is 2. The first kappa shape index (κ1) is 35.9. The van der Waals surface area contributed by atoms with E-state index in [0.29, 0.717) is 61.0 Å². The number of hydrogen-bond donors (Lipinski definition) is 2. The standard InChI is InChI=1S/C44H54N4O4/c1-27(2)19-33-23-47(25-37(33)41(49)45-39-21-35(39)29-11-7-5-8-12-29)43(51)31-15-17-32(18-16-31)44(52)48-24-34(20-28(3)4)38(26-48)42(50)46-40-22-36(40)30-13-9-6-10-14-30/h5-18,27-28,33-40H,19-26H2,1-4H3,(H,45,49)(H,46,50)/t33?,34?,35-,36-,37-,38?,39+,40+/m1/s1. The zero-order valence-electron chi connectivity index (χ0n) is 31.0. The molecular weight excluding hydrogens is 649 g/mol. The number of carbonyl (C=O) groups is 4. The molecule has 2 saturated carbocycles. The first-order valence-electron chi connectivity index (χ1n) is 19.4. The number of hydrogen-bond acceptors (Lipinski definition) is 4. The lowest BCUT2D eigenvalue weighted by Gasteiger charge is -2.19. The molecular formula is C44H54N4O4. The number of benzene rings is 3. The molecule has 4 fully saturated rings. The Kier molecular flexibility index (Phi) is 10.5. The Morgan fingerprint density at radius 2 is 0.923 bits per heavy atom. The number of nitrogens with zero attached hydrogens (tertiary/aromatic N) is 2. The van der Waals surface area contributed by atoms with E-state index in [4.69, 9.17) is 0 Å². The summed E-state index contributed by atoms with van der Waals surface area (Å²) in [6, 6.07) is 27.9. The van der Waals surface area contributed by atoms with Gasteiger partial charge in [0.15, 0.2) is 0 Å². The summed E-state index contributed by atoms with van der Waals surface area (Å²) in [5, 5.41) is 6.59. The van der Waals surface area contributed by atoms with Crippen molar-refractivity contribution >= 4 is 23.6 Å². The molecule has 2 aliphatic carbocycles. The second-order valence-electron chi connectivity index (χ2n) is 16.7. The summed E-state index contributed by atoms with van der Waals surface area (Å²) in [6.07, 6.45) is 3.65. The molecule has 0 bridgehead atoms. The van der Waals surface area contributed by atoms with Crippen molar-refractivity contribution in [2.75, 3.05) is 26.2 Å². The Labute approximate surface area is 308 Å². The smallest absolute Gasteiger partial charge is 0.253 e. The average molecular weight is 703 g/mol. The third kappa shape index (κ3) is 8.11. The molecule has 274 valence electrons. The quantitative estimate of drug-likeness (QED) is 0.225. The molecule has 3 unspecified atom stereocenters. The van der Waals surface area contributed by atoms with Crippen LogP contribution < -0.4 is 10.6 Å². The summed E-state index contributed by atoms with van der Waals surface area (Å²) in [7, 11) is 0. The highest BCUT2D eigenvalue weighted by Crippen LogP contribution is 2.42. The first-order valence-corrected chi connectivity index (χ1v) is 19.4. The molecule has 0 aromatic heterocycles. The average Bonchev–Trinajstić information content (AvgIpc) is 4.00. The van der Waals surface area contributed by atoms with Gasteiger partial charge in [0, 0.05) is 61.2 Å². The van der Waals surface area contributed by atoms with Crippen LogP contribution in [0.2, 0.25) is 0 Å². The molecule has 3 aromatic carbocycles. The van der Waals surface area contributed by atoms with Crippen LogP contribution in [0.25, 0.3) is 0 Å². The van der Waals surface area contributed by atoms with E-state index >= 15 is 0 Å². The molecule has 2 heterocycles. The minimum absolute atomic E-state index is 0.0480. The molecule has 4 amide bonds. The van der Waals surface area contributed by atoms with Gasteiger partial charge in [0.05, 0.1) is 11.8 Å². The summed E-state index contributed by atoms with van der Waals surface area (Å²) >= 11 is 0. The minimum Gasteiger partial charge on any atom is -0.352 e. The fraction of sp³-hybridized carbons (Fsp3) is 0.500. The van der Waals surface area contributed by atoms with E-state index in [1.54, 1.807) is 24.3 Å². The van der Waals surface area contributed by atoms with Crippen LogP contribution in [0.1, 0.15) is 97.1 Å². The second-order valence-corrected chi connectivity index (χ2v) is 16.7. The molecule has 0 radical (unpaired) electrons. The van der Waals surface area contributed by atoms with Crippen LogP contribution in [0.3, 0.4) is 0 Å². The molecule has 0 spiro atoms. The third-order valence-electron chi connectivity index (χ3n) is 11.7. The van der Waals surface area contributed by atoms with Gasteiger partial charge in [-0.05, 0) is 84.7 Å². The largest absolute Gasteiger partial charge is 0.352 e. The Morgan fingerprint density at radius 1 is 0.558 bits per heavy atom. The van der Waals surface area contributed by atoms with Crippen molar-refractivity contribution < 1.29 is 19.2 Å². The van der Waals surface area contributed by atoms with Crippen molar-refractivity contribution in [3.63, 3.8) is 0 Å². The molecule has 3 aromatic rings. The first-order chi connectivity index (χ1) is 25.0. The maximum atomic E-state index is 13.8. The maximum absolute atomic E-state index is 13.8. The summed E-state index contributed by atoms with van der Waals surface area (Å²) in [6.45, 7) is 10.5. The number of rotatable bonds is 12. The minimum atomic E-state index is -0.243. The van der Waals surface area contributed by atoms with E-state index in [-0.39, 0.29) is 59.4 Å². The van der Waals surface area contributed by atoms with Crippen molar-refractivity contribution in [1.29, 1.82) is 0 Å². The fourth-order valence-corrected chi connectivity index (χ4v) is 8.90. The van der Waals surface area contributed by atoms with Gasteiger partial charge in [-0.25, -0.2) is 0 Å². The van der Waals surface area contributed by atoms with Gasteiger partial charge in [0.25, 0.3) is 11.8 Å².